The molecule has 2 rings (SSSR count). The van der Waals surface area contributed by atoms with E-state index in [2.05, 4.69) is 9.97 Å². The summed E-state index contributed by atoms with van der Waals surface area (Å²) in [6.07, 6.45) is 1.19. The van der Waals surface area contributed by atoms with Crippen molar-refractivity contribution in [1.29, 1.82) is 0 Å². The van der Waals surface area contributed by atoms with Crippen LogP contribution in [-0.4, -0.2) is 9.97 Å². The van der Waals surface area contributed by atoms with Gasteiger partial charge in [0.2, 0.25) is 0 Å². The van der Waals surface area contributed by atoms with Crippen molar-refractivity contribution < 1.29 is 13.2 Å². The molecule has 0 aliphatic carbocycles. The van der Waals surface area contributed by atoms with Crippen LogP contribution in [0.5, 0.6) is 0 Å². The molecule has 0 spiro atoms. The van der Waals surface area contributed by atoms with Crippen LogP contribution < -0.4 is 5.69 Å². The van der Waals surface area contributed by atoms with E-state index in [-0.39, 0.29) is 11.3 Å². The molecule has 0 aliphatic heterocycles. The topological polar surface area (TPSA) is 45.8 Å². The number of halogens is 3. The van der Waals surface area contributed by atoms with E-state index in [4.69, 9.17) is 0 Å². The minimum absolute atomic E-state index is 0.0379. The molecule has 0 radical (unpaired) electrons. The molecule has 0 saturated carbocycles. The molecule has 2 aromatic rings. The van der Waals surface area contributed by atoms with E-state index in [0.717, 1.165) is 12.1 Å². The minimum Gasteiger partial charge on any atom is -0.305 e. The molecule has 82 valence electrons. The van der Waals surface area contributed by atoms with Gasteiger partial charge in [-0.1, -0.05) is 0 Å². The Morgan fingerprint density at radius 1 is 1.12 bits per heavy atom. The minimum atomic E-state index is -1.54. The molecule has 0 aliphatic rings. The van der Waals surface area contributed by atoms with Crippen molar-refractivity contribution >= 4 is 0 Å². The first-order valence-corrected chi connectivity index (χ1v) is 4.28. The van der Waals surface area contributed by atoms with Crippen LogP contribution in [0.3, 0.4) is 0 Å². The lowest BCUT2D eigenvalue weighted by molar-refractivity contribution is 0.447. The van der Waals surface area contributed by atoms with Gasteiger partial charge < -0.3 is 4.98 Å². The predicted octanol–water partition coefficient (Wildman–Crippen LogP) is 1.85. The van der Waals surface area contributed by atoms with Gasteiger partial charge in [0.25, 0.3) is 0 Å². The van der Waals surface area contributed by atoms with Gasteiger partial charge in [0.05, 0.1) is 5.69 Å². The first kappa shape index (κ1) is 10.4. The lowest BCUT2D eigenvalue weighted by Gasteiger charge is -2.02. The Hall–Kier alpha value is -2.11. The number of nitrogens with zero attached hydrogens (tertiary/aromatic N) is 1. The van der Waals surface area contributed by atoms with Gasteiger partial charge in [0.1, 0.15) is 0 Å². The summed E-state index contributed by atoms with van der Waals surface area (Å²) < 4.78 is 38.5. The standard InChI is InChI=1S/C10H5F3N2O/c11-6-3-5(4-7(12)9(6)13)8-1-2-14-10(16)15-8/h1-4H,(H,14,15,16). The molecule has 3 nitrogen and oxygen atoms in total. The van der Waals surface area contributed by atoms with Gasteiger partial charge in [-0.15, -0.1) is 0 Å². The highest BCUT2D eigenvalue weighted by Gasteiger charge is 2.11. The number of hydrogen-bond acceptors (Lipinski definition) is 2. The maximum absolute atomic E-state index is 12.9. The van der Waals surface area contributed by atoms with Crippen molar-refractivity contribution in [2.24, 2.45) is 0 Å². The van der Waals surface area contributed by atoms with E-state index in [1.807, 2.05) is 0 Å². The summed E-state index contributed by atoms with van der Waals surface area (Å²) in [5, 5.41) is 0. The normalized spacial score (nSPS) is 10.4. The Morgan fingerprint density at radius 2 is 1.75 bits per heavy atom. The molecule has 0 unspecified atom stereocenters. The summed E-state index contributed by atoms with van der Waals surface area (Å²) in [6, 6.07) is 2.95. The van der Waals surface area contributed by atoms with Crippen molar-refractivity contribution in [2.45, 2.75) is 0 Å². The molecule has 1 N–H and O–H groups in total. The molecular weight excluding hydrogens is 221 g/mol. The average molecular weight is 226 g/mol. The highest BCUT2D eigenvalue weighted by Crippen LogP contribution is 2.20. The van der Waals surface area contributed by atoms with Crippen molar-refractivity contribution in [1.82, 2.24) is 9.97 Å². The Balaban J connectivity index is 2.61. The number of nitrogens with one attached hydrogen (secondary N) is 1. The number of H-pyrrole nitrogens is 1. The van der Waals surface area contributed by atoms with E-state index in [0.29, 0.717) is 0 Å². The van der Waals surface area contributed by atoms with Crippen LogP contribution in [0.15, 0.2) is 29.2 Å². The number of hydrogen-bond donors (Lipinski definition) is 1. The third kappa shape index (κ3) is 1.81. The summed E-state index contributed by atoms with van der Waals surface area (Å²) in [7, 11) is 0. The van der Waals surface area contributed by atoms with Crippen LogP contribution >= 0.6 is 0 Å². The fourth-order valence-corrected chi connectivity index (χ4v) is 1.25. The maximum atomic E-state index is 12.9. The van der Waals surface area contributed by atoms with Gasteiger partial charge in [-0.25, -0.2) is 22.9 Å². The smallest absolute Gasteiger partial charge is 0.305 e. The quantitative estimate of drug-likeness (QED) is 0.754. The summed E-state index contributed by atoms with van der Waals surface area (Å²) in [5.74, 6) is -4.17. The zero-order valence-electron chi connectivity index (χ0n) is 7.80. The van der Waals surface area contributed by atoms with Crippen LogP contribution in [-0.2, 0) is 0 Å². The fraction of sp³-hybridized carbons (Fsp3) is 0. The third-order valence-corrected chi connectivity index (χ3v) is 1.97. The molecule has 0 atom stereocenters. The fourth-order valence-electron chi connectivity index (χ4n) is 1.25. The number of rotatable bonds is 1. The second-order valence-corrected chi connectivity index (χ2v) is 3.04. The Bertz CT molecular complexity index is 572. The molecule has 1 heterocycles. The maximum Gasteiger partial charge on any atom is 0.345 e. The zero-order chi connectivity index (χ0) is 11.7. The van der Waals surface area contributed by atoms with Gasteiger partial charge in [0, 0.05) is 11.8 Å². The summed E-state index contributed by atoms with van der Waals surface area (Å²) in [4.78, 5) is 16.5. The van der Waals surface area contributed by atoms with Crippen LogP contribution in [0.1, 0.15) is 0 Å². The van der Waals surface area contributed by atoms with E-state index in [1.54, 1.807) is 0 Å². The first-order chi connectivity index (χ1) is 7.58. The molecule has 0 fully saturated rings. The highest BCUT2D eigenvalue weighted by molar-refractivity contribution is 5.58. The molecular formula is C10H5F3N2O. The van der Waals surface area contributed by atoms with Crippen LogP contribution in [0.4, 0.5) is 13.2 Å². The second-order valence-electron chi connectivity index (χ2n) is 3.04. The Kier molecular flexibility index (Phi) is 2.47. The van der Waals surface area contributed by atoms with Gasteiger partial charge in [-0.2, -0.15) is 0 Å². The van der Waals surface area contributed by atoms with Crippen molar-refractivity contribution in [2.75, 3.05) is 0 Å². The Labute approximate surface area is 87.6 Å². The lowest BCUT2D eigenvalue weighted by Crippen LogP contribution is -2.09. The van der Waals surface area contributed by atoms with Crippen molar-refractivity contribution in [3.8, 4) is 11.3 Å². The van der Waals surface area contributed by atoms with E-state index in [1.165, 1.54) is 12.3 Å². The average Bonchev–Trinajstić information content (AvgIpc) is 2.25. The zero-order valence-corrected chi connectivity index (χ0v) is 7.80. The van der Waals surface area contributed by atoms with Gasteiger partial charge >= 0.3 is 5.69 Å². The molecule has 0 amide bonds. The molecule has 6 heteroatoms. The monoisotopic (exact) mass is 226 g/mol. The Morgan fingerprint density at radius 3 is 2.31 bits per heavy atom. The third-order valence-electron chi connectivity index (χ3n) is 1.97. The molecule has 0 bridgehead atoms. The van der Waals surface area contributed by atoms with E-state index < -0.39 is 23.1 Å². The van der Waals surface area contributed by atoms with Crippen molar-refractivity contribution in [3.05, 3.63) is 52.3 Å². The van der Waals surface area contributed by atoms with E-state index in [9.17, 15) is 18.0 Å². The number of benzene rings is 1. The van der Waals surface area contributed by atoms with Crippen LogP contribution in [0.2, 0.25) is 0 Å². The summed E-state index contributed by atoms with van der Waals surface area (Å²) >= 11 is 0. The summed E-state index contributed by atoms with van der Waals surface area (Å²) in [5.41, 5.74) is -0.448. The van der Waals surface area contributed by atoms with Crippen LogP contribution in [0, 0.1) is 17.5 Å². The van der Waals surface area contributed by atoms with Gasteiger partial charge in [0.15, 0.2) is 17.5 Å². The van der Waals surface area contributed by atoms with Gasteiger partial charge in [-0.3, -0.25) is 0 Å². The second kappa shape index (κ2) is 3.80. The summed E-state index contributed by atoms with van der Waals surface area (Å²) in [6.45, 7) is 0. The lowest BCUT2D eigenvalue weighted by atomic mass is 10.1. The first-order valence-electron chi connectivity index (χ1n) is 4.28. The van der Waals surface area contributed by atoms with Crippen molar-refractivity contribution in [3.63, 3.8) is 0 Å². The highest BCUT2D eigenvalue weighted by atomic mass is 19.2. The molecule has 0 saturated heterocycles. The van der Waals surface area contributed by atoms with Crippen LogP contribution in [0.25, 0.3) is 11.3 Å². The SMILES string of the molecule is O=c1nccc(-c2cc(F)c(F)c(F)c2)[nH]1. The largest absolute Gasteiger partial charge is 0.345 e. The van der Waals surface area contributed by atoms with Gasteiger partial charge in [-0.05, 0) is 18.2 Å². The van der Waals surface area contributed by atoms with E-state index >= 15 is 0 Å². The number of aromatic nitrogens is 2. The predicted molar refractivity (Wildman–Crippen MR) is 50.2 cm³/mol. The number of aromatic amines is 1. The molecule has 1 aromatic heterocycles. The molecule has 1 aromatic carbocycles. The molecule has 16 heavy (non-hydrogen) atoms.